The number of nitrogens with zero attached hydrogens (tertiary/aromatic N) is 6. The lowest BCUT2D eigenvalue weighted by Crippen LogP contribution is -2.52. The second-order valence-electron chi connectivity index (χ2n) is 19.7. The molecule has 0 saturated carbocycles. The number of aromatic nitrogens is 4. The van der Waals surface area contributed by atoms with Gasteiger partial charge in [0.2, 0.25) is 17.6 Å². The molecule has 416 valence electrons. The molecule has 3 heterocycles. The van der Waals surface area contributed by atoms with Gasteiger partial charge in [0, 0.05) is 62.6 Å². The first-order valence-electron chi connectivity index (χ1n) is 26.0. The zero-order chi connectivity index (χ0) is 56.4. The van der Waals surface area contributed by atoms with Gasteiger partial charge in [0.15, 0.2) is 47.1 Å². The summed E-state index contributed by atoms with van der Waals surface area (Å²) in [6, 6.07) is 18.9. The molecule has 0 aliphatic carbocycles. The zero-order valence-corrected chi connectivity index (χ0v) is 45.2. The first kappa shape index (κ1) is 58.8. The predicted molar refractivity (Wildman–Crippen MR) is 291 cm³/mol. The molecule has 78 heavy (non-hydrogen) atoms. The number of methoxy groups -OCH3 is 2. The summed E-state index contributed by atoms with van der Waals surface area (Å²) in [5.74, 6) is -1.02. The fourth-order valence-electron chi connectivity index (χ4n) is 8.92. The van der Waals surface area contributed by atoms with Crippen molar-refractivity contribution in [2.45, 2.75) is 110 Å². The van der Waals surface area contributed by atoms with E-state index in [0.29, 0.717) is 85.6 Å². The van der Waals surface area contributed by atoms with Crippen LogP contribution in [0.2, 0.25) is 0 Å². The Balaban J connectivity index is 0.949. The SMILES string of the molecule is CCC(C)(C)C(=O)C(=O)N1CCCCC1C(=O)CC(CCc1ccc(OC)c(OC)c1)c1cccc(OCC(=O)NCCCNC(=O)CCC(NC(=O)c2ccc(N(C)Cc3cnc4nc(N)nc(N)c4n3)cc2)OC=O)c1. The number of carbonyl (C=O) groups is 7. The predicted octanol–water partition coefficient (Wildman–Crippen LogP) is 5.01. The number of hydrogen-bond acceptors (Lipinski definition) is 18. The van der Waals surface area contributed by atoms with Gasteiger partial charge >= 0.3 is 0 Å². The number of fused-ring (bicyclic) bond motifs is 1. The fourth-order valence-corrected chi connectivity index (χ4v) is 8.92. The molecule has 3 atom stereocenters. The minimum absolute atomic E-state index is 0.00329. The standard InChI is InChI=1S/C56H71N11O11/c1-7-56(2,3)50(72)54(74)67-27-9-8-14-42(67)43(69)30-38(17-15-35-16-22-44(75-5)45(28-35)76-6)37-12-10-13-41(29-37)77-33-47(71)60-26-11-25-59-46(70)23-24-48(78-34-68)63-53(73)36-18-20-40(21-19-36)66(4)32-39-31-61-52-49(62-39)51(57)64-55(58)65-52/h10,12-13,16,18-22,28-29,31,34,38,42,48H,7-9,11,14-15,17,23-27,30,32-33H2,1-6H3,(H,59,70)(H,60,71)(H,63,73)(H4,57,58,61,64,65). The number of anilines is 3. The summed E-state index contributed by atoms with van der Waals surface area (Å²) >= 11 is 0. The maximum atomic E-state index is 14.3. The Kier molecular flexibility index (Phi) is 21.2. The van der Waals surface area contributed by atoms with Crippen molar-refractivity contribution >= 4 is 70.3 Å². The molecule has 1 fully saturated rings. The number of ketones is 2. The molecule has 1 saturated heterocycles. The Morgan fingerprint density at radius 3 is 2.36 bits per heavy atom. The molecule has 4 amide bonds. The summed E-state index contributed by atoms with van der Waals surface area (Å²) < 4.78 is 21.9. The lowest BCUT2D eigenvalue weighted by molar-refractivity contribution is -0.153. The van der Waals surface area contributed by atoms with Crippen LogP contribution in [0.15, 0.2) is 72.9 Å². The van der Waals surface area contributed by atoms with Crippen LogP contribution < -0.4 is 46.5 Å². The molecule has 22 nitrogen and oxygen atoms in total. The number of nitrogens with two attached hydrogens (primary N) is 2. The third kappa shape index (κ3) is 16.3. The van der Waals surface area contributed by atoms with Crippen molar-refractivity contribution in [1.82, 2.24) is 40.8 Å². The van der Waals surface area contributed by atoms with Crippen molar-refractivity contribution in [2.24, 2.45) is 5.41 Å². The summed E-state index contributed by atoms with van der Waals surface area (Å²) in [5, 5.41) is 8.20. The van der Waals surface area contributed by atoms with E-state index in [2.05, 4.69) is 35.9 Å². The number of piperidine rings is 1. The Morgan fingerprint density at radius 2 is 1.64 bits per heavy atom. The van der Waals surface area contributed by atoms with Crippen molar-refractivity contribution in [2.75, 3.05) is 63.9 Å². The fraction of sp³-hybridized carbons (Fsp3) is 0.446. The normalized spacial score (nSPS) is 14.1. The van der Waals surface area contributed by atoms with Crippen LogP contribution >= 0.6 is 0 Å². The highest BCUT2D eigenvalue weighted by Crippen LogP contribution is 2.34. The van der Waals surface area contributed by atoms with Gasteiger partial charge in [0.05, 0.1) is 38.7 Å². The monoisotopic (exact) mass is 1070 g/mol. The number of nitrogen functional groups attached to an aromatic ring is 2. The Bertz CT molecular complexity index is 2920. The highest BCUT2D eigenvalue weighted by Gasteiger charge is 2.40. The quantitative estimate of drug-likeness (QED) is 0.0182. The number of benzene rings is 3. The van der Waals surface area contributed by atoms with E-state index in [-0.39, 0.29) is 86.4 Å². The summed E-state index contributed by atoms with van der Waals surface area (Å²) in [4.78, 5) is 111. The Morgan fingerprint density at radius 1 is 0.897 bits per heavy atom. The van der Waals surface area contributed by atoms with Gasteiger partial charge in [-0.25, -0.2) is 9.97 Å². The van der Waals surface area contributed by atoms with Gasteiger partial charge in [-0.05, 0) is 111 Å². The van der Waals surface area contributed by atoms with E-state index < -0.39 is 35.3 Å². The number of aryl methyl sites for hydroxylation is 1. The molecule has 6 rings (SSSR count). The first-order valence-corrected chi connectivity index (χ1v) is 26.0. The van der Waals surface area contributed by atoms with Crippen LogP contribution in [0.4, 0.5) is 17.5 Å². The van der Waals surface area contributed by atoms with Gasteiger partial charge in [-0.1, -0.05) is 39.0 Å². The van der Waals surface area contributed by atoms with Gasteiger partial charge in [-0.15, -0.1) is 0 Å². The number of rotatable bonds is 29. The lowest BCUT2D eigenvalue weighted by atomic mass is 9.82. The minimum Gasteiger partial charge on any atom is -0.493 e. The second kappa shape index (κ2) is 28.1. The number of ether oxygens (including phenoxy) is 4. The number of amides is 4. The minimum atomic E-state index is -1.07. The molecule has 7 N–H and O–H groups in total. The summed E-state index contributed by atoms with van der Waals surface area (Å²) in [6.07, 6.45) is 4.56. The van der Waals surface area contributed by atoms with E-state index in [9.17, 15) is 33.6 Å². The second-order valence-corrected chi connectivity index (χ2v) is 19.7. The maximum Gasteiger partial charge on any atom is 0.295 e. The molecule has 0 spiro atoms. The summed E-state index contributed by atoms with van der Waals surface area (Å²) in [6.45, 7) is 6.46. The van der Waals surface area contributed by atoms with Crippen molar-refractivity contribution in [3.8, 4) is 17.2 Å². The molecular formula is C56H71N11O11. The van der Waals surface area contributed by atoms with E-state index in [0.717, 1.165) is 23.2 Å². The Hall–Kier alpha value is -8.43. The average molecular weight is 1070 g/mol. The average Bonchev–Trinajstić information content (AvgIpc) is 3.46. The van der Waals surface area contributed by atoms with E-state index in [1.54, 1.807) is 70.7 Å². The molecular weight excluding hydrogens is 1000 g/mol. The first-order chi connectivity index (χ1) is 37.4. The van der Waals surface area contributed by atoms with Gasteiger partial charge in [-0.2, -0.15) is 9.97 Å². The van der Waals surface area contributed by atoms with E-state index in [4.69, 9.17) is 30.4 Å². The van der Waals surface area contributed by atoms with Crippen molar-refractivity contribution in [3.05, 3.63) is 95.3 Å². The van der Waals surface area contributed by atoms with Crippen LogP contribution in [-0.2, 0) is 46.5 Å². The molecule has 22 heteroatoms. The smallest absolute Gasteiger partial charge is 0.295 e. The molecule has 0 radical (unpaired) electrons. The van der Waals surface area contributed by atoms with Gasteiger partial charge < -0.3 is 56.2 Å². The molecule has 3 unspecified atom stereocenters. The van der Waals surface area contributed by atoms with E-state index >= 15 is 0 Å². The molecule has 1 aliphatic rings. The van der Waals surface area contributed by atoms with Gasteiger partial charge in [0.25, 0.3) is 24.2 Å². The van der Waals surface area contributed by atoms with Crippen LogP contribution in [-0.4, -0.2) is 126 Å². The largest absolute Gasteiger partial charge is 0.493 e. The Labute approximate surface area is 453 Å². The van der Waals surface area contributed by atoms with Crippen molar-refractivity contribution in [3.63, 3.8) is 0 Å². The van der Waals surface area contributed by atoms with Crippen LogP contribution in [0.25, 0.3) is 11.2 Å². The van der Waals surface area contributed by atoms with Crippen LogP contribution in [0.1, 0.15) is 112 Å². The number of hydrogen-bond donors (Lipinski definition) is 5. The third-order valence-corrected chi connectivity index (χ3v) is 13.8. The molecule has 2 aromatic heterocycles. The van der Waals surface area contributed by atoms with Crippen molar-refractivity contribution < 1.29 is 52.5 Å². The summed E-state index contributed by atoms with van der Waals surface area (Å²) in [5.41, 5.74) is 14.9. The van der Waals surface area contributed by atoms with Gasteiger partial charge in [-0.3, -0.25) is 33.6 Å². The van der Waals surface area contributed by atoms with Crippen LogP contribution in [0, 0.1) is 5.41 Å². The topological polar surface area (TPSA) is 303 Å². The third-order valence-electron chi connectivity index (χ3n) is 13.8. The van der Waals surface area contributed by atoms with Crippen LogP contribution in [0.5, 0.6) is 17.2 Å². The lowest BCUT2D eigenvalue weighted by Gasteiger charge is -2.36. The number of carbonyl (C=O) groups excluding carboxylic acids is 7. The van der Waals surface area contributed by atoms with Gasteiger partial charge in [0.1, 0.15) is 5.75 Å². The highest BCUT2D eigenvalue weighted by molar-refractivity contribution is 6.38. The van der Waals surface area contributed by atoms with E-state index in [1.165, 1.54) is 4.90 Å². The number of Topliss-reactive ketones (excluding diaryl/α,β-unsaturated/α-hetero) is 2. The molecule has 0 bridgehead atoms. The summed E-state index contributed by atoms with van der Waals surface area (Å²) in [7, 11) is 4.98. The van der Waals surface area contributed by atoms with Crippen molar-refractivity contribution in [1.29, 1.82) is 0 Å². The van der Waals surface area contributed by atoms with E-state index in [1.807, 2.05) is 49.2 Å². The molecule has 5 aromatic rings. The highest BCUT2D eigenvalue weighted by atomic mass is 16.5. The molecule has 3 aromatic carbocycles. The number of nitrogens with one attached hydrogen (secondary N) is 3. The molecule has 1 aliphatic heterocycles. The number of likely N-dealkylation sites (tertiary alicyclic amines) is 1. The maximum absolute atomic E-state index is 14.3. The van der Waals surface area contributed by atoms with Crippen LogP contribution in [0.3, 0.4) is 0 Å². The zero-order valence-electron chi connectivity index (χ0n) is 45.2.